The van der Waals surface area contributed by atoms with Gasteiger partial charge in [0.1, 0.15) is 5.58 Å². The Morgan fingerprint density at radius 3 is 2.35 bits per heavy atom. The first-order valence-corrected chi connectivity index (χ1v) is 10.9. The van der Waals surface area contributed by atoms with Gasteiger partial charge in [-0.3, -0.25) is 14.4 Å². The summed E-state index contributed by atoms with van der Waals surface area (Å²) in [5.74, 6) is -0.374. The van der Waals surface area contributed by atoms with E-state index in [1.165, 1.54) is 6.92 Å². The van der Waals surface area contributed by atoms with Crippen molar-refractivity contribution in [3.63, 3.8) is 0 Å². The summed E-state index contributed by atoms with van der Waals surface area (Å²) in [6.07, 6.45) is 0.202. The van der Waals surface area contributed by atoms with E-state index in [0.29, 0.717) is 17.0 Å². The zero-order valence-corrected chi connectivity index (χ0v) is 18.9. The van der Waals surface area contributed by atoms with E-state index in [1.54, 1.807) is 36.4 Å². The molecule has 4 rings (SSSR count). The van der Waals surface area contributed by atoms with Crippen LogP contribution in [0.15, 0.2) is 83.3 Å². The molecule has 0 aliphatic carbocycles. The van der Waals surface area contributed by atoms with Gasteiger partial charge in [0.05, 0.1) is 12.5 Å². The van der Waals surface area contributed by atoms with Gasteiger partial charge in [0, 0.05) is 23.7 Å². The number of carbonyl (C=O) groups excluding carboxylic acids is 3. The third-order valence-electron chi connectivity index (χ3n) is 5.31. The number of benzene rings is 3. The molecule has 0 spiro atoms. The summed E-state index contributed by atoms with van der Waals surface area (Å²) in [6.45, 7) is 3.34. The topological polar surface area (TPSA) is 100 Å². The van der Waals surface area contributed by atoms with Crippen LogP contribution in [0.1, 0.15) is 41.6 Å². The molecule has 0 saturated heterocycles. The predicted molar refractivity (Wildman–Crippen MR) is 132 cm³/mol. The van der Waals surface area contributed by atoms with Gasteiger partial charge in [-0.1, -0.05) is 42.5 Å². The number of amides is 3. The average Bonchev–Trinajstić information content (AvgIpc) is 3.25. The van der Waals surface area contributed by atoms with Crippen molar-refractivity contribution in [2.75, 3.05) is 10.6 Å². The molecule has 0 bridgehead atoms. The molecule has 3 amide bonds. The maximum absolute atomic E-state index is 12.5. The fourth-order valence-corrected chi connectivity index (χ4v) is 3.64. The van der Waals surface area contributed by atoms with Crippen LogP contribution in [-0.2, 0) is 16.0 Å². The van der Waals surface area contributed by atoms with E-state index in [1.807, 2.05) is 49.4 Å². The van der Waals surface area contributed by atoms with Crippen LogP contribution in [0, 0.1) is 0 Å². The fourth-order valence-electron chi connectivity index (χ4n) is 3.64. The van der Waals surface area contributed by atoms with Gasteiger partial charge < -0.3 is 20.4 Å². The monoisotopic (exact) mass is 455 g/mol. The van der Waals surface area contributed by atoms with E-state index < -0.39 is 0 Å². The standard InChI is InChI=1S/C27H25N3O4/c1-17(20-7-5-8-23(15-20)29-18(2)31)28-26(32)14-19-10-12-22(13-11-19)30-27(33)25-16-21-6-3-4-9-24(21)34-25/h3-13,15-17H,14H2,1-2H3,(H,28,32)(H,29,31)(H,30,33). The van der Waals surface area contributed by atoms with E-state index in [2.05, 4.69) is 16.0 Å². The molecule has 34 heavy (non-hydrogen) atoms. The van der Waals surface area contributed by atoms with E-state index >= 15 is 0 Å². The van der Waals surface area contributed by atoms with Gasteiger partial charge in [0.15, 0.2) is 5.76 Å². The smallest absolute Gasteiger partial charge is 0.291 e. The van der Waals surface area contributed by atoms with Crippen LogP contribution >= 0.6 is 0 Å². The Bertz CT molecular complexity index is 1310. The first kappa shape index (κ1) is 22.8. The van der Waals surface area contributed by atoms with Crippen LogP contribution in [0.5, 0.6) is 0 Å². The average molecular weight is 456 g/mol. The van der Waals surface area contributed by atoms with Gasteiger partial charge in [-0.15, -0.1) is 0 Å². The van der Waals surface area contributed by atoms with Crippen LogP contribution < -0.4 is 16.0 Å². The second-order valence-corrected chi connectivity index (χ2v) is 8.07. The predicted octanol–water partition coefficient (Wildman–Crippen LogP) is 5.06. The number of nitrogens with one attached hydrogen (secondary N) is 3. The van der Waals surface area contributed by atoms with Gasteiger partial charge in [-0.2, -0.15) is 0 Å². The van der Waals surface area contributed by atoms with Gasteiger partial charge in [0.25, 0.3) is 5.91 Å². The molecule has 3 N–H and O–H groups in total. The SMILES string of the molecule is CC(=O)Nc1cccc(C(C)NC(=O)Cc2ccc(NC(=O)c3cc4ccccc4o3)cc2)c1. The van der Waals surface area contributed by atoms with Crippen LogP contribution in [0.4, 0.5) is 11.4 Å². The van der Waals surface area contributed by atoms with Crippen molar-refractivity contribution in [2.45, 2.75) is 26.3 Å². The van der Waals surface area contributed by atoms with Crippen LogP contribution in [0.3, 0.4) is 0 Å². The summed E-state index contributed by atoms with van der Waals surface area (Å²) in [4.78, 5) is 36.3. The molecule has 1 atom stereocenters. The number of carbonyl (C=O) groups is 3. The molecule has 0 saturated carbocycles. The van der Waals surface area contributed by atoms with Crippen molar-refractivity contribution in [1.29, 1.82) is 0 Å². The number of furan rings is 1. The van der Waals surface area contributed by atoms with Gasteiger partial charge >= 0.3 is 0 Å². The van der Waals surface area contributed by atoms with Crippen molar-refractivity contribution >= 4 is 40.1 Å². The molecular weight excluding hydrogens is 430 g/mol. The molecule has 3 aromatic carbocycles. The van der Waals surface area contributed by atoms with Gasteiger partial charge in [-0.05, 0) is 54.4 Å². The zero-order chi connectivity index (χ0) is 24.1. The van der Waals surface area contributed by atoms with Crippen molar-refractivity contribution in [1.82, 2.24) is 5.32 Å². The molecule has 0 fully saturated rings. The molecule has 0 aliphatic rings. The van der Waals surface area contributed by atoms with Crippen LogP contribution in [-0.4, -0.2) is 17.7 Å². The Morgan fingerprint density at radius 2 is 1.62 bits per heavy atom. The molecule has 4 aromatic rings. The number of para-hydroxylation sites is 1. The summed E-state index contributed by atoms with van der Waals surface area (Å²) in [5, 5.41) is 9.39. The van der Waals surface area contributed by atoms with E-state index in [4.69, 9.17) is 4.42 Å². The Labute approximate surface area is 197 Å². The highest BCUT2D eigenvalue weighted by atomic mass is 16.3. The Hall–Kier alpha value is -4.39. The Balaban J connectivity index is 1.32. The minimum atomic E-state index is -0.336. The number of hydrogen-bond donors (Lipinski definition) is 3. The molecule has 7 heteroatoms. The highest BCUT2D eigenvalue weighted by molar-refractivity contribution is 6.04. The maximum atomic E-state index is 12.5. The lowest BCUT2D eigenvalue weighted by Crippen LogP contribution is -2.28. The van der Waals surface area contributed by atoms with Crippen molar-refractivity contribution < 1.29 is 18.8 Å². The summed E-state index contributed by atoms with van der Waals surface area (Å²) in [5.41, 5.74) is 3.66. The third kappa shape index (κ3) is 5.69. The zero-order valence-electron chi connectivity index (χ0n) is 18.9. The molecular formula is C27H25N3O4. The molecule has 1 aromatic heterocycles. The van der Waals surface area contributed by atoms with E-state index in [-0.39, 0.29) is 35.9 Å². The van der Waals surface area contributed by atoms with Crippen molar-refractivity contribution in [3.8, 4) is 0 Å². The maximum Gasteiger partial charge on any atom is 0.291 e. The second-order valence-electron chi connectivity index (χ2n) is 8.07. The number of hydrogen-bond acceptors (Lipinski definition) is 4. The quantitative estimate of drug-likeness (QED) is 0.362. The lowest BCUT2D eigenvalue weighted by atomic mass is 10.1. The minimum absolute atomic E-state index is 0.128. The summed E-state index contributed by atoms with van der Waals surface area (Å²) >= 11 is 0. The summed E-state index contributed by atoms with van der Waals surface area (Å²) < 4.78 is 5.59. The van der Waals surface area contributed by atoms with Gasteiger partial charge in [-0.25, -0.2) is 0 Å². The lowest BCUT2D eigenvalue weighted by molar-refractivity contribution is -0.121. The molecule has 7 nitrogen and oxygen atoms in total. The van der Waals surface area contributed by atoms with Crippen molar-refractivity contribution in [2.24, 2.45) is 0 Å². The van der Waals surface area contributed by atoms with Gasteiger partial charge in [0.2, 0.25) is 11.8 Å². The molecule has 0 aliphatic heterocycles. The Morgan fingerprint density at radius 1 is 0.853 bits per heavy atom. The minimum Gasteiger partial charge on any atom is -0.451 e. The number of anilines is 2. The summed E-state index contributed by atoms with van der Waals surface area (Å²) in [6, 6.07) is 23.4. The van der Waals surface area contributed by atoms with Crippen LogP contribution in [0.25, 0.3) is 11.0 Å². The van der Waals surface area contributed by atoms with E-state index in [0.717, 1.165) is 16.5 Å². The highest BCUT2D eigenvalue weighted by Crippen LogP contribution is 2.21. The highest BCUT2D eigenvalue weighted by Gasteiger charge is 2.14. The normalized spacial score (nSPS) is 11.6. The third-order valence-corrected chi connectivity index (χ3v) is 5.31. The largest absolute Gasteiger partial charge is 0.451 e. The molecule has 172 valence electrons. The first-order valence-electron chi connectivity index (χ1n) is 10.9. The Kier molecular flexibility index (Phi) is 6.73. The fraction of sp³-hybridized carbons (Fsp3) is 0.148. The molecule has 1 unspecified atom stereocenters. The molecule has 0 radical (unpaired) electrons. The van der Waals surface area contributed by atoms with Crippen molar-refractivity contribution in [3.05, 3.63) is 95.7 Å². The van der Waals surface area contributed by atoms with E-state index in [9.17, 15) is 14.4 Å². The summed E-state index contributed by atoms with van der Waals surface area (Å²) in [7, 11) is 0. The van der Waals surface area contributed by atoms with Crippen LogP contribution in [0.2, 0.25) is 0 Å². The molecule has 1 heterocycles. The lowest BCUT2D eigenvalue weighted by Gasteiger charge is -2.16. The number of rotatable bonds is 7. The second kappa shape index (κ2) is 10.0. The number of fused-ring (bicyclic) bond motifs is 1. The first-order chi connectivity index (χ1) is 16.4.